The third kappa shape index (κ3) is 4.09. The molecule has 1 N–H and O–H groups in total. The van der Waals surface area contributed by atoms with E-state index in [4.69, 9.17) is 9.47 Å². The Kier molecular flexibility index (Phi) is 6.21. The molecule has 2 aromatic carbocycles. The van der Waals surface area contributed by atoms with Gasteiger partial charge >= 0.3 is 0 Å². The number of Topliss-reactive ketones (excluding diaryl/α,β-unsaturated/α-hetero) is 1. The fraction of sp³-hybridized carbons (Fsp3) is 0.385. The van der Waals surface area contributed by atoms with Crippen molar-refractivity contribution in [3.05, 3.63) is 65.2 Å². The number of hydrogen-bond donors (Lipinski definition) is 1. The fourth-order valence-electron chi connectivity index (χ4n) is 4.69. The van der Waals surface area contributed by atoms with Gasteiger partial charge in [0, 0.05) is 11.6 Å². The SMILES string of the molecule is COc1cccc(C2/C(=C(/O)c3cccc(OC(C)C)c3)C(=O)C(=O)N2C2CCCC2)c1. The van der Waals surface area contributed by atoms with Crippen LogP contribution in [0.1, 0.15) is 56.7 Å². The predicted octanol–water partition coefficient (Wildman–Crippen LogP) is 4.85. The number of aliphatic hydroxyl groups is 1. The van der Waals surface area contributed by atoms with Crippen LogP contribution >= 0.6 is 0 Å². The molecule has 2 aromatic rings. The van der Waals surface area contributed by atoms with Crippen molar-refractivity contribution in [3.63, 3.8) is 0 Å². The van der Waals surface area contributed by atoms with Crippen LogP contribution in [-0.4, -0.2) is 41.0 Å². The molecule has 1 unspecified atom stereocenters. The zero-order chi connectivity index (χ0) is 22.8. The number of methoxy groups -OCH3 is 1. The number of ketones is 1. The van der Waals surface area contributed by atoms with Gasteiger partial charge in [-0.3, -0.25) is 9.59 Å². The van der Waals surface area contributed by atoms with Gasteiger partial charge in [-0.25, -0.2) is 0 Å². The lowest BCUT2D eigenvalue weighted by Crippen LogP contribution is -2.37. The maximum absolute atomic E-state index is 13.2. The van der Waals surface area contributed by atoms with Crippen molar-refractivity contribution in [2.24, 2.45) is 0 Å². The summed E-state index contributed by atoms with van der Waals surface area (Å²) in [4.78, 5) is 28.1. The van der Waals surface area contributed by atoms with Gasteiger partial charge in [0.05, 0.1) is 24.8 Å². The lowest BCUT2D eigenvalue weighted by atomic mass is 9.94. The van der Waals surface area contributed by atoms with Crippen molar-refractivity contribution in [3.8, 4) is 11.5 Å². The second-order valence-corrected chi connectivity index (χ2v) is 8.62. The molecular weight excluding hydrogens is 406 g/mol. The number of rotatable bonds is 6. The van der Waals surface area contributed by atoms with Crippen molar-refractivity contribution in [2.45, 2.75) is 57.7 Å². The smallest absolute Gasteiger partial charge is 0.295 e. The van der Waals surface area contributed by atoms with Crippen molar-refractivity contribution in [2.75, 3.05) is 7.11 Å². The molecule has 0 spiro atoms. The van der Waals surface area contributed by atoms with E-state index in [9.17, 15) is 14.7 Å². The molecule has 1 aliphatic carbocycles. The van der Waals surface area contributed by atoms with Crippen LogP contribution in [-0.2, 0) is 9.59 Å². The van der Waals surface area contributed by atoms with E-state index < -0.39 is 17.7 Å². The molecule has 0 bridgehead atoms. The summed E-state index contributed by atoms with van der Waals surface area (Å²) in [6.07, 6.45) is 3.72. The normalized spacial score (nSPS) is 20.9. The fourth-order valence-corrected chi connectivity index (χ4v) is 4.69. The lowest BCUT2D eigenvalue weighted by molar-refractivity contribution is -0.141. The summed E-state index contributed by atoms with van der Waals surface area (Å²) in [5, 5.41) is 11.3. The summed E-state index contributed by atoms with van der Waals surface area (Å²) in [7, 11) is 1.58. The van der Waals surface area contributed by atoms with E-state index in [1.165, 1.54) is 0 Å². The van der Waals surface area contributed by atoms with Crippen LogP contribution in [0.2, 0.25) is 0 Å². The van der Waals surface area contributed by atoms with Gasteiger partial charge in [0.25, 0.3) is 11.7 Å². The van der Waals surface area contributed by atoms with Gasteiger partial charge in [-0.2, -0.15) is 0 Å². The Balaban J connectivity index is 1.85. The number of amides is 1. The van der Waals surface area contributed by atoms with Gasteiger partial charge in [0.15, 0.2) is 0 Å². The first-order valence-corrected chi connectivity index (χ1v) is 11.1. The van der Waals surface area contributed by atoms with Crippen molar-refractivity contribution in [1.82, 2.24) is 4.90 Å². The van der Waals surface area contributed by atoms with E-state index in [1.54, 1.807) is 36.3 Å². The minimum Gasteiger partial charge on any atom is -0.507 e. The largest absolute Gasteiger partial charge is 0.507 e. The van der Waals surface area contributed by atoms with Crippen LogP contribution in [0.4, 0.5) is 0 Å². The second-order valence-electron chi connectivity index (χ2n) is 8.62. The average Bonchev–Trinajstić information content (AvgIpc) is 3.40. The zero-order valence-corrected chi connectivity index (χ0v) is 18.7. The molecule has 4 rings (SSSR count). The topological polar surface area (TPSA) is 76.1 Å². The van der Waals surface area contributed by atoms with Gasteiger partial charge in [-0.15, -0.1) is 0 Å². The third-order valence-corrected chi connectivity index (χ3v) is 6.09. The highest BCUT2D eigenvalue weighted by molar-refractivity contribution is 6.46. The molecule has 1 aliphatic heterocycles. The summed E-state index contributed by atoms with van der Waals surface area (Å²) in [5.41, 5.74) is 1.30. The first kappa shape index (κ1) is 21.9. The van der Waals surface area contributed by atoms with Crippen molar-refractivity contribution < 1.29 is 24.2 Å². The quantitative estimate of drug-likeness (QED) is 0.399. The molecule has 0 aromatic heterocycles. The monoisotopic (exact) mass is 435 g/mol. The molecule has 168 valence electrons. The molecule has 1 amide bonds. The molecule has 32 heavy (non-hydrogen) atoms. The summed E-state index contributed by atoms with van der Waals surface area (Å²) in [6.45, 7) is 3.84. The maximum atomic E-state index is 13.2. The Morgan fingerprint density at radius 2 is 1.72 bits per heavy atom. The molecule has 1 saturated carbocycles. The molecule has 1 heterocycles. The van der Waals surface area contributed by atoms with Crippen LogP contribution in [0.3, 0.4) is 0 Å². The van der Waals surface area contributed by atoms with Crippen LogP contribution in [0, 0.1) is 0 Å². The van der Waals surface area contributed by atoms with Gasteiger partial charge in [0.1, 0.15) is 17.3 Å². The van der Waals surface area contributed by atoms with E-state index in [0.29, 0.717) is 17.1 Å². The third-order valence-electron chi connectivity index (χ3n) is 6.09. The van der Waals surface area contributed by atoms with Crippen LogP contribution in [0.15, 0.2) is 54.1 Å². The minimum absolute atomic E-state index is 0.0245. The Morgan fingerprint density at radius 3 is 2.41 bits per heavy atom. The second kappa shape index (κ2) is 9.07. The number of carbonyl (C=O) groups excluding carboxylic acids is 2. The van der Waals surface area contributed by atoms with E-state index in [1.807, 2.05) is 38.1 Å². The first-order valence-electron chi connectivity index (χ1n) is 11.1. The van der Waals surface area contributed by atoms with Gasteiger partial charge in [0.2, 0.25) is 0 Å². The van der Waals surface area contributed by atoms with E-state index in [-0.39, 0.29) is 23.5 Å². The first-order chi connectivity index (χ1) is 15.4. The molecule has 6 nitrogen and oxygen atoms in total. The molecule has 1 atom stereocenters. The average molecular weight is 436 g/mol. The number of nitrogens with zero attached hydrogens (tertiary/aromatic N) is 1. The number of aliphatic hydroxyl groups excluding tert-OH is 1. The van der Waals surface area contributed by atoms with E-state index in [2.05, 4.69) is 0 Å². The summed E-state index contributed by atoms with van der Waals surface area (Å²) < 4.78 is 11.1. The Hall–Kier alpha value is -3.28. The molecule has 2 aliphatic rings. The number of likely N-dealkylation sites (tertiary alicyclic amines) is 1. The molecule has 6 heteroatoms. The Morgan fingerprint density at radius 1 is 1.03 bits per heavy atom. The summed E-state index contributed by atoms with van der Waals surface area (Å²) in [5.74, 6) is -0.178. The van der Waals surface area contributed by atoms with Gasteiger partial charge in [-0.05, 0) is 56.5 Å². The summed E-state index contributed by atoms with van der Waals surface area (Å²) >= 11 is 0. The number of benzene rings is 2. The highest BCUT2D eigenvalue weighted by Gasteiger charge is 2.49. The lowest BCUT2D eigenvalue weighted by Gasteiger charge is -2.31. The highest BCUT2D eigenvalue weighted by atomic mass is 16.5. The van der Waals surface area contributed by atoms with Crippen molar-refractivity contribution in [1.29, 1.82) is 0 Å². The van der Waals surface area contributed by atoms with Crippen LogP contribution in [0.5, 0.6) is 11.5 Å². The molecule has 0 radical (unpaired) electrons. The minimum atomic E-state index is -0.664. The number of carbonyl (C=O) groups is 2. The number of hydrogen-bond acceptors (Lipinski definition) is 5. The standard InChI is InChI=1S/C26H29NO5/c1-16(2)32-21-13-7-9-18(15-21)24(28)22-23(17-8-6-12-20(14-17)31-3)27(26(30)25(22)29)19-10-4-5-11-19/h6-9,12-16,19,23,28H,4-5,10-11H2,1-3H3/b24-22-. The predicted molar refractivity (Wildman–Crippen MR) is 122 cm³/mol. The molecular formula is C26H29NO5. The zero-order valence-electron chi connectivity index (χ0n) is 18.7. The van der Waals surface area contributed by atoms with Crippen LogP contribution < -0.4 is 9.47 Å². The van der Waals surface area contributed by atoms with E-state index >= 15 is 0 Å². The van der Waals surface area contributed by atoms with Gasteiger partial charge in [-0.1, -0.05) is 37.1 Å². The van der Waals surface area contributed by atoms with Crippen molar-refractivity contribution >= 4 is 17.4 Å². The van der Waals surface area contributed by atoms with Gasteiger partial charge < -0.3 is 19.5 Å². The number of ether oxygens (including phenoxy) is 2. The molecule has 2 fully saturated rings. The Bertz CT molecular complexity index is 1050. The molecule has 1 saturated heterocycles. The highest BCUT2D eigenvalue weighted by Crippen LogP contribution is 2.44. The van der Waals surface area contributed by atoms with Crippen LogP contribution in [0.25, 0.3) is 5.76 Å². The van der Waals surface area contributed by atoms with E-state index in [0.717, 1.165) is 31.2 Å². The maximum Gasteiger partial charge on any atom is 0.295 e. The Labute approximate surface area is 188 Å². The summed E-state index contributed by atoms with van der Waals surface area (Å²) in [6, 6.07) is 13.6.